The fraction of sp³-hybridized carbons (Fsp3) is 0.750. The Hall–Kier alpha value is 0.910. The highest BCUT2D eigenvalue weighted by Gasteiger charge is 2.19. The summed E-state index contributed by atoms with van der Waals surface area (Å²) in [5.74, 6) is -0.351. The summed E-state index contributed by atoms with van der Waals surface area (Å²) in [4.78, 5) is 10.2. The normalized spacial score (nSPS) is 16.8. The first-order valence-corrected chi connectivity index (χ1v) is 5.18. The molecule has 0 aliphatic rings. The van der Waals surface area contributed by atoms with Crippen LogP contribution >= 0.6 is 47.8 Å². The lowest BCUT2D eigenvalue weighted by Gasteiger charge is -2.08. The predicted molar refractivity (Wildman–Crippen MR) is 48.4 cm³/mol. The fourth-order valence-electron chi connectivity index (χ4n) is 0.256. The smallest absolute Gasteiger partial charge is 0.232 e. The monoisotopic (exact) mass is 321 g/mol. The third-order valence-electron chi connectivity index (χ3n) is 0.737. The number of hydrogen-bond donors (Lipinski definition) is 1. The molecule has 2 atom stereocenters. The van der Waals surface area contributed by atoms with E-state index < -0.39 is 0 Å². The molecule has 2 N–H and O–H groups in total. The fourth-order valence-corrected chi connectivity index (χ4v) is 1.58. The largest absolute Gasteiger partial charge is 0.369 e. The van der Waals surface area contributed by atoms with Crippen molar-refractivity contribution in [3.05, 3.63) is 0 Å². The van der Waals surface area contributed by atoms with Crippen molar-refractivity contribution < 1.29 is 4.79 Å². The van der Waals surface area contributed by atoms with Crippen LogP contribution < -0.4 is 5.73 Å². The van der Waals surface area contributed by atoms with E-state index in [2.05, 4.69) is 47.8 Å². The summed E-state index contributed by atoms with van der Waals surface area (Å²) in [5, 5.41) is 0.700. The van der Waals surface area contributed by atoms with Gasteiger partial charge in [-0.25, -0.2) is 0 Å². The van der Waals surface area contributed by atoms with Crippen molar-refractivity contribution in [2.75, 3.05) is 5.33 Å². The van der Waals surface area contributed by atoms with Crippen molar-refractivity contribution in [1.82, 2.24) is 0 Å². The van der Waals surface area contributed by atoms with Gasteiger partial charge in [0, 0.05) is 10.2 Å². The molecule has 0 spiro atoms. The molecule has 0 aliphatic carbocycles. The minimum absolute atomic E-state index is 0.0648. The lowest BCUT2D eigenvalue weighted by molar-refractivity contribution is -0.117. The van der Waals surface area contributed by atoms with E-state index in [9.17, 15) is 4.79 Å². The second-order valence-corrected chi connectivity index (χ2v) is 4.28. The van der Waals surface area contributed by atoms with Gasteiger partial charge in [0.25, 0.3) is 0 Å². The second-order valence-electron chi connectivity index (χ2n) is 1.47. The minimum atomic E-state index is -0.351. The van der Waals surface area contributed by atoms with E-state index >= 15 is 0 Å². The third kappa shape index (κ3) is 3.57. The van der Waals surface area contributed by atoms with Crippen LogP contribution in [-0.4, -0.2) is 20.9 Å². The molecule has 54 valence electrons. The topological polar surface area (TPSA) is 43.1 Å². The van der Waals surface area contributed by atoms with E-state index in [-0.39, 0.29) is 15.6 Å². The average molecular weight is 324 g/mol. The van der Waals surface area contributed by atoms with Gasteiger partial charge in [0.1, 0.15) is 4.83 Å². The summed E-state index contributed by atoms with van der Waals surface area (Å²) in [6.45, 7) is 0. The number of carbonyl (C=O) groups excluding carboxylic acids is 1. The summed E-state index contributed by atoms with van der Waals surface area (Å²) >= 11 is 9.56. The quantitative estimate of drug-likeness (QED) is 0.784. The number of carbonyl (C=O) groups is 1. The van der Waals surface area contributed by atoms with Crippen molar-refractivity contribution in [2.45, 2.75) is 9.65 Å². The molecule has 0 unspecified atom stereocenters. The Labute approximate surface area is 78.9 Å². The van der Waals surface area contributed by atoms with Gasteiger partial charge in [0.15, 0.2) is 0 Å². The first kappa shape index (κ1) is 9.91. The van der Waals surface area contributed by atoms with Gasteiger partial charge in [-0.3, -0.25) is 4.79 Å². The molecule has 0 saturated carbocycles. The number of hydrogen-bond acceptors (Lipinski definition) is 1. The number of amides is 1. The maximum Gasteiger partial charge on any atom is 0.232 e. The van der Waals surface area contributed by atoms with Crippen LogP contribution in [0.15, 0.2) is 0 Å². The molecule has 0 aromatic carbocycles. The SMILES string of the molecule is NC(=O)[C@@H](Br)[C@@H](Br)CBr. The van der Waals surface area contributed by atoms with E-state index in [0.717, 1.165) is 0 Å². The zero-order valence-electron chi connectivity index (χ0n) is 4.48. The Morgan fingerprint density at radius 2 is 2.00 bits per heavy atom. The highest BCUT2D eigenvalue weighted by atomic mass is 79.9. The zero-order chi connectivity index (χ0) is 7.44. The molecule has 0 aromatic heterocycles. The summed E-state index contributed by atoms with van der Waals surface area (Å²) < 4.78 is 0. The molecule has 9 heavy (non-hydrogen) atoms. The van der Waals surface area contributed by atoms with Crippen LogP contribution in [0.2, 0.25) is 0 Å². The van der Waals surface area contributed by atoms with Gasteiger partial charge in [-0.05, 0) is 0 Å². The number of alkyl halides is 3. The van der Waals surface area contributed by atoms with Crippen LogP contribution in [0.3, 0.4) is 0 Å². The van der Waals surface area contributed by atoms with Gasteiger partial charge in [-0.2, -0.15) is 0 Å². The molecule has 0 fully saturated rings. The van der Waals surface area contributed by atoms with Crippen LogP contribution in [0, 0.1) is 0 Å². The van der Waals surface area contributed by atoms with Crippen molar-refractivity contribution in [3.8, 4) is 0 Å². The van der Waals surface area contributed by atoms with Gasteiger partial charge in [0.05, 0.1) is 0 Å². The molecular formula is C4H6Br3NO. The van der Waals surface area contributed by atoms with E-state index in [1.54, 1.807) is 0 Å². The first-order chi connectivity index (χ1) is 4.09. The minimum Gasteiger partial charge on any atom is -0.369 e. The Bertz CT molecular complexity index is 108. The molecule has 0 aliphatic heterocycles. The highest BCUT2D eigenvalue weighted by Crippen LogP contribution is 2.15. The molecular weight excluding hydrogens is 318 g/mol. The molecule has 1 amide bonds. The standard InChI is InChI=1S/C4H6Br3NO/c5-1-2(6)3(7)4(8)9/h2-3H,1H2,(H2,8,9)/t2-,3-/m0/s1. The van der Waals surface area contributed by atoms with Crippen molar-refractivity contribution in [2.24, 2.45) is 5.73 Å². The predicted octanol–water partition coefficient (Wildman–Crippen LogP) is 1.39. The van der Waals surface area contributed by atoms with Crippen LogP contribution in [0.5, 0.6) is 0 Å². The Morgan fingerprint density at radius 3 is 2.11 bits per heavy atom. The molecule has 0 heterocycles. The summed E-state index contributed by atoms with van der Waals surface area (Å²) in [6, 6.07) is 0. The molecule has 0 saturated heterocycles. The molecule has 0 radical (unpaired) electrons. The first-order valence-electron chi connectivity index (χ1n) is 2.23. The highest BCUT2D eigenvalue weighted by molar-refractivity contribution is 9.13. The lowest BCUT2D eigenvalue weighted by Crippen LogP contribution is -2.31. The van der Waals surface area contributed by atoms with Crippen LogP contribution in [0.1, 0.15) is 0 Å². The average Bonchev–Trinajstić information content (AvgIpc) is 1.84. The molecule has 0 aromatic rings. The molecule has 0 bridgehead atoms. The molecule has 2 nitrogen and oxygen atoms in total. The van der Waals surface area contributed by atoms with Crippen LogP contribution in [0.25, 0.3) is 0 Å². The number of nitrogens with two attached hydrogens (primary N) is 1. The Morgan fingerprint density at radius 1 is 1.56 bits per heavy atom. The van der Waals surface area contributed by atoms with E-state index in [0.29, 0.717) is 5.33 Å². The van der Waals surface area contributed by atoms with Crippen LogP contribution in [-0.2, 0) is 4.79 Å². The zero-order valence-corrected chi connectivity index (χ0v) is 9.24. The van der Waals surface area contributed by atoms with E-state index in [1.165, 1.54) is 0 Å². The summed E-state index contributed by atoms with van der Waals surface area (Å²) in [5.41, 5.74) is 4.98. The maximum absolute atomic E-state index is 10.4. The number of primary amides is 1. The third-order valence-corrected chi connectivity index (χ3v) is 4.95. The Balaban J connectivity index is 3.72. The lowest BCUT2D eigenvalue weighted by atomic mass is 10.3. The van der Waals surface area contributed by atoms with Crippen molar-refractivity contribution >= 4 is 53.7 Å². The summed E-state index contributed by atoms with van der Waals surface area (Å²) in [6.07, 6.45) is 0. The molecule has 5 heteroatoms. The number of halogens is 3. The van der Waals surface area contributed by atoms with Crippen LogP contribution in [0.4, 0.5) is 0 Å². The van der Waals surface area contributed by atoms with Gasteiger partial charge in [-0.15, -0.1) is 0 Å². The van der Waals surface area contributed by atoms with Gasteiger partial charge >= 0.3 is 0 Å². The second kappa shape index (κ2) is 4.68. The van der Waals surface area contributed by atoms with E-state index in [1.807, 2.05) is 0 Å². The van der Waals surface area contributed by atoms with E-state index in [4.69, 9.17) is 5.73 Å². The molecule has 0 rings (SSSR count). The van der Waals surface area contributed by atoms with Gasteiger partial charge in [0.2, 0.25) is 5.91 Å². The Kier molecular flexibility index (Phi) is 5.16. The van der Waals surface area contributed by atoms with Gasteiger partial charge < -0.3 is 5.73 Å². The number of rotatable bonds is 3. The van der Waals surface area contributed by atoms with Gasteiger partial charge in [-0.1, -0.05) is 47.8 Å². The summed E-state index contributed by atoms with van der Waals surface area (Å²) in [7, 11) is 0. The van der Waals surface area contributed by atoms with Crippen molar-refractivity contribution in [3.63, 3.8) is 0 Å². The maximum atomic E-state index is 10.4. The van der Waals surface area contributed by atoms with Crippen molar-refractivity contribution in [1.29, 1.82) is 0 Å².